The zero-order valence-electron chi connectivity index (χ0n) is 26.1. The van der Waals surface area contributed by atoms with Gasteiger partial charge in [0.15, 0.2) is 0 Å². The number of rotatable bonds is 4. The van der Waals surface area contributed by atoms with E-state index in [9.17, 15) is 0 Å². The van der Waals surface area contributed by atoms with Crippen molar-refractivity contribution in [3.63, 3.8) is 0 Å². The number of hydrogen-bond donors (Lipinski definition) is 0. The molecule has 0 unspecified atom stereocenters. The van der Waals surface area contributed by atoms with Gasteiger partial charge in [-0.2, -0.15) is 0 Å². The molecule has 1 nitrogen and oxygen atoms in total. The Labute approximate surface area is 282 Å². The maximum atomic E-state index is 2.40. The maximum absolute atomic E-state index is 2.40. The van der Waals surface area contributed by atoms with Crippen LogP contribution in [0.3, 0.4) is 0 Å². The van der Waals surface area contributed by atoms with Gasteiger partial charge in [-0.3, -0.25) is 0 Å². The molecule has 1 aromatic heterocycles. The van der Waals surface area contributed by atoms with Gasteiger partial charge in [0.1, 0.15) is 0 Å². The maximum Gasteiger partial charge on any atom is 0.0468 e. The third-order valence-corrected chi connectivity index (χ3v) is 10.9. The fraction of sp³-hybridized carbons (Fsp3) is 0. The Morgan fingerprint density at radius 2 is 0.917 bits per heavy atom. The summed E-state index contributed by atoms with van der Waals surface area (Å²) in [6.07, 6.45) is 0. The van der Waals surface area contributed by atoms with E-state index in [0.717, 1.165) is 17.1 Å². The first-order valence-corrected chi connectivity index (χ1v) is 17.2. The van der Waals surface area contributed by atoms with Crippen molar-refractivity contribution < 1.29 is 0 Å². The molecule has 0 aliphatic carbocycles. The van der Waals surface area contributed by atoms with Crippen LogP contribution >= 0.6 is 11.3 Å². The van der Waals surface area contributed by atoms with Gasteiger partial charge in [-0.25, -0.2) is 0 Å². The van der Waals surface area contributed by atoms with E-state index < -0.39 is 0 Å². The molecule has 0 radical (unpaired) electrons. The Kier molecular flexibility index (Phi) is 6.12. The molecule has 0 amide bonds. The number of hydrogen-bond acceptors (Lipinski definition) is 2. The molecule has 0 saturated heterocycles. The molecule has 10 aromatic rings. The molecular weight excluding hydrogens is 599 g/mol. The van der Waals surface area contributed by atoms with Crippen molar-refractivity contribution in [3.05, 3.63) is 176 Å². The lowest BCUT2D eigenvalue weighted by Crippen LogP contribution is -2.10. The molecule has 10 rings (SSSR count). The van der Waals surface area contributed by atoms with Crippen LogP contribution in [0.5, 0.6) is 0 Å². The first-order valence-electron chi connectivity index (χ1n) is 16.4. The smallest absolute Gasteiger partial charge is 0.0468 e. The Bertz CT molecular complexity index is 2830. The molecule has 0 N–H and O–H groups in total. The minimum Gasteiger partial charge on any atom is -0.310 e. The second-order valence-electron chi connectivity index (χ2n) is 12.6. The summed E-state index contributed by atoms with van der Waals surface area (Å²) in [6.45, 7) is 0. The van der Waals surface area contributed by atoms with E-state index in [2.05, 4.69) is 181 Å². The Morgan fingerprint density at radius 3 is 1.77 bits per heavy atom. The number of anilines is 3. The summed E-state index contributed by atoms with van der Waals surface area (Å²) in [5.74, 6) is 0. The highest BCUT2D eigenvalue weighted by molar-refractivity contribution is 7.25. The van der Waals surface area contributed by atoms with Gasteiger partial charge in [0.05, 0.1) is 0 Å². The van der Waals surface area contributed by atoms with Crippen LogP contribution in [-0.4, -0.2) is 0 Å². The first kappa shape index (κ1) is 27.2. The predicted octanol–water partition coefficient (Wildman–Crippen LogP) is 13.8. The van der Waals surface area contributed by atoms with E-state index >= 15 is 0 Å². The third-order valence-electron chi connectivity index (χ3n) is 9.78. The monoisotopic (exact) mass is 627 g/mol. The number of fused-ring (bicyclic) bond motifs is 9. The molecule has 0 spiro atoms. The zero-order chi connectivity index (χ0) is 31.6. The first-order chi connectivity index (χ1) is 23.8. The normalized spacial score (nSPS) is 11.8. The van der Waals surface area contributed by atoms with Crippen molar-refractivity contribution in [3.8, 4) is 11.1 Å². The Hall–Kier alpha value is -5.96. The summed E-state index contributed by atoms with van der Waals surface area (Å²) in [6, 6.07) is 64.6. The molecule has 0 fully saturated rings. The largest absolute Gasteiger partial charge is 0.310 e. The van der Waals surface area contributed by atoms with Crippen molar-refractivity contribution in [2.75, 3.05) is 4.90 Å². The standard InChI is InChI=1S/C46H29NS/c1-2-8-30(9-3-1)31-18-21-37(22-19-31)47(38-23-20-34-28-43-42-12-6-7-13-44(42)48-45(43)29-36(34)27-38)39-24-25-41-35(26-39)17-16-33-15-14-32-10-4-5-11-40(32)46(33)41/h1-29H. The van der Waals surface area contributed by atoms with Crippen LogP contribution in [0.4, 0.5) is 17.1 Å². The SMILES string of the molecule is c1ccc(-c2ccc(N(c3ccc4cc5c(cc4c3)sc3ccccc35)c3ccc4c(ccc5ccc6ccccc6c54)c3)cc2)cc1. The van der Waals surface area contributed by atoms with Crippen LogP contribution in [-0.2, 0) is 0 Å². The summed E-state index contributed by atoms with van der Waals surface area (Å²) in [7, 11) is 0. The molecule has 0 saturated carbocycles. The van der Waals surface area contributed by atoms with Gasteiger partial charge < -0.3 is 4.90 Å². The topological polar surface area (TPSA) is 3.24 Å². The van der Waals surface area contributed by atoms with Crippen molar-refractivity contribution in [1.29, 1.82) is 0 Å². The summed E-state index contributed by atoms with van der Waals surface area (Å²) in [5, 5.41) is 12.8. The van der Waals surface area contributed by atoms with Crippen LogP contribution in [0.15, 0.2) is 176 Å². The lowest BCUT2D eigenvalue weighted by Gasteiger charge is -2.26. The Morgan fingerprint density at radius 1 is 0.312 bits per heavy atom. The molecule has 224 valence electrons. The Balaban J connectivity index is 1.16. The van der Waals surface area contributed by atoms with Gasteiger partial charge in [0.2, 0.25) is 0 Å². The van der Waals surface area contributed by atoms with Crippen LogP contribution in [0.25, 0.3) is 74.4 Å². The van der Waals surface area contributed by atoms with Crippen LogP contribution in [0, 0.1) is 0 Å². The highest BCUT2D eigenvalue weighted by Crippen LogP contribution is 2.42. The second-order valence-corrected chi connectivity index (χ2v) is 13.7. The zero-order valence-corrected chi connectivity index (χ0v) is 26.9. The van der Waals surface area contributed by atoms with Crippen LogP contribution in [0.2, 0.25) is 0 Å². The van der Waals surface area contributed by atoms with Gasteiger partial charge >= 0.3 is 0 Å². The van der Waals surface area contributed by atoms with E-state index in [4.69, 9.17) is 0 Å². The fourth-order valence-electron chi connectivity index (χ4n) is 7.44. The van der Waals surface area contributed by atoms with Gasteiger partial charge in [-0.15, -0.1) is 11.3 Å². The molecule has 2 heteroatoms. The van der Waals surface area contributed by atoms with Crippen LogP contribution < -0.4 is 4.90 Å². The summed E-state index contributed by atoms with van der Waals surface area (Å²) < 4.78 is 2.66. The minimum absolute atomic E-state index is 1.13. The average Bonchev–Trinajstić information content (AvgIpc) is 3.51. The molecular formula is C46H29NS. The molecule has 48 heavy (non-hydrogen) atoms. The van der Waals surface area contributed by atoms with Gasteiger partial charge in [-0.1, -0.05) is 121 Å². The molecule has 0 aliphatic rings. The van der Waals surface area contributed by atoms with Gasteiger partial charge in [0.25, 0.3) is 0 Å². The third kappa shape index (κ3) is 4.38. The number of nitrogens with zero attached hydrogens (tertiary/aromatic N) is 1. The van der Waals surface area contributed by atoms with E-state index in [-0.39, 0.29) is 0 Å². The molecule has 1 heterocycles. The van der Waals surface area contributed by atoms with Crippen molar-refractivity contribution in [2.45, 2.75) is 0 Å². The molecule has 0 aliphatic heterocycles. The van der Waals surface area contributed by atoms with E-state index in [1.165, 1.54) is 74.4 Å². The van der Waals surface area contributed by atoms with Crippen molar-refractivity contribution in [1.82, 2.24) is 0 Å². The molecule has 0 atom stereocenters. The van der Waals surface area contributed by atoms with E-state index in [1.807, 2.05) is 11.3 Å². The average molecular weight is 628 g/mol. The minimum atomic E-state index is 1.13. The predicted molar refractivity (Wildman–Crippen MR) is 209 cm³/mol. The van der Waals surface area contributed by atoms with Crippen molar-refractivity contribution in [2.24, 2.45) is 0 Å². The quantitative estimate of drug-likeness (QED) is 0.176. The van der Waals surface area contributed by atoms with E-state index in [0.29, 0.717) is 0 Å². The molecule has 0 bridgehead atoms. The van der Waals surface area contributed by atoms with Crippen molar-refractivity contribution >= 4 is 91.7 Å². The fourth-order valence-corrected chi connectivity index (χ4v) is 8.57. The van der Waals surface area contributed by atoms with Crippen LogP contribution in [0.1, 0.15) is 0 Å². The van der Waals surface area contributed by atoms with E-state index in [1.54, 1.807) is 0 Å². The highest BCUT2D eigenvalue weighted by atomic mass is 32.1. The summed E-state index contributed by atoms with van der Waals surface area (Å²) in [5.41, 5.74) is 5.83. The number of benzene rings is 9. The number of thiophene rings is 1. The van der Waals surface area contributed by atoms with Gasteiger partial charge in [0, 0.05) is 37.2 Å². The lowest BCUT2D eigenvalue weighted by atomic mass is 9.96. The summed E-state index contributed by atoms with van der Waals surface area (Å²) >= 11 is 1.87. The highest BCUT2D eigenvalue weighted by Gasteiger charge is 2.16. The van der Waals surface area contributed by atoms with Gasteiger partial charge in [-0.05, 0) is 109 Å². The summed E-state index contributed by atoms with van der Waals surface area (Å²) in [4.78, 5) is 2.40. The molecule has 9 aromatic carbocycles. The second kappa shape index (κ2) is 10.8. The lowest BCUT2D eigenvalue weighted by molar-refractivity contribution is 1.29.